The van der Waals surface area contributed by atoms with Gasteiger partial charge in [-0.2, -0.15) is 0 Å². The van der Waals surface area contributed by atoms with E-state index in [0.717, 1.165) is 12.0 Å². The summed E-state index contributed by atoms with van der Waals surface area (Å²) in [6.07, 6.45) is 0.847. The van der Waals surface area contributed by atoms with Gasteiger partial charge >= 0.3 is 0 Å². The molecule has 0 saturated heterocycles. The van der Waals surface area contributed by atoms with Gasteiger partial charge in [0, 0.05) is 23.2 Å². The van der Waals surface area contributed by atoms with Crippen LogP contribution in [0.3, 0.4) is 0 Å². The Hall–Kier alpha value is -1.06. The smallest absolute Gasteiger partial charge is 0.251 e. The Kier molecular flexibility index (Phi) is 4.77. The molecule has 1 unspecified atom stereocenters. The van der Waals surface area contributed by atoms with Crippen molar-refractivity contribution in [2.75, 3.05) is 6.54 Å². The molecule has 1 aromatic carbocycles. The molecular formula is C12H17ClN2O. The van der Waals surface area contributed by atoms with Crippen molar-refractivity contribution in [1.82, 2.24) is 5.32 Å². The number of carbonyl (C=O) groups excluding carboxylic acids is 1. The Morgan fingerprint density at radius 3 is 2.81 bits per heavy atom. The molecular weight excluding hydrogens is 224 g/mol. The molecule has 0 aliphatic rings. The van der Waals surface area contributed by atoms with Crippen molar-refractivity contribution >= 4 is 17.5 Å². The molecule has 0 fully saturated rings. The first-order valence-corrected chi connectivity index (χ1v) is 5.72. The molecule has 3 N–H and O–H groups in total. The van der Waals surface area contributed by atoms with Crippen LogP contribution in [0.5, 0.6) is 0 Å². The summed E-state index contributed by atoms with van der Waals surface area (Å²) < 4.78 is 0. The average Bonchev–Trinajstić information content (AvgIpc) is 2.29. The third-order valence-corrected chi connectivity index (χ3v) is 2.89. The van der Waals surface area contributed by atoms with E-state index >= 15 is 0 Å². The summed E-state index contributed by atoms with van der Waals surface area (Å²) >= 11 is 5.88. The lowest BCUT2D eigenvalue weighted by Crippen LogP contribution is -2.36. The summed E-state index contributed by atoms with van der Waals surface area (Å²) in [5, 5.41) is 3.46. The van der Waals surface area contributed by atoms with Crippen molar-refractivity contribution in [2.45, 2.75) is 26.3 Å². The number of rotatable bonds is 4. The fraction of sp³-hybridized carbons (Fsp3) is 0.417. The van der Waals surface area contributed by atoms with E-state index in [4.69, 9.17) is 17.3 Å². The normalized spacial score (nSPS) is 12.2. The van der Waals surface area contributed by atoms with E-state index in [1.54, 1.807) is 18.2 Å². The molecule has 0 radical (unpaired) electrons. The number of hydrogen-bond acceptors (Lipinski definition) is 2. The Bertz CT molecular complexity index is 379. The third kappa shape index (κ3) is 3.51. The molecule has 1 amide bonds. The lowest BCUT2D eigenvalue weighted by Gasteiger charge is -2.10. The monoisotopic (exact) mass is 240 g/mol. The topological polar surface area (TPSA) is 55.1 Å². The van der Waals surface area contributed by atoms with Crippen molar-refractivity contribution in [2.24, 2.45) is 5.73 Å². The second-order valence-electron chi connectivity index (χ2n) is 3.84. The largest absolute Gasteiger partial charge is 0.350 e. The van der Waals surface area contributed by atoms with Crippen LogP contribution >= 0.6 is 11.6 Å². The van der Waals surface area contributed by atoms with E-state index in [9.17, 15) is 4.79 Å². The number of hydrogen-bond donors (Lipinski definition) is 2. The van der Waals surface area contributed by atoms with Crippen LogP contribution < -0.4 is 11.1 Å². The number of amides is 1. The Morgan fingerprint density at radius 1 is 1.56 bits per heavy atom. The summed E-state index contributed by atoms with van der Waals surface area (Å²) in [7, 11) is 0. The molecule has 3 nitrogen and oxygen atoms in total. The van der Waals surface area contributed by atoms with Gasteiger partial charge in [-0.3, -0.25) is 4.79 Å². The second-order valence-corrected chi connectivity index (χ2v) is 4.25. The maximum absolute atomic E-state index is 11.7. The van der Waals surface area contributed by atoms with Gasteiger partial charge in [0.1, 0.15) is 0 Å². The fourth-order valence-electron chi connectivity index (χ4n) is 1.26. The molecule has 4 heteroatoms. The van der Waals surface area contributed by atoms with Crippen LogP contribution in [0, 0.1) is 6.92 Å². The molecule has 0 aliphatic carbocycles. The molecule has 1 aromatic rings. The van der Waals surface area contributed by atoms with E-state index in [1.807, 2.05) is 13.8 Å². The minimum absolute atomic E-state index is 0.0114. The van der Waals surface area contributed by atoms with Gasteiger partial charge in [0.2, 0.25) is 0 Å². The molecule has 0 aliphatic heterocycles. The maximum Gasteiger partial charge on any atom is 0.251 e. The second kappa shape index (κ2) is 5.87. The summed E-state index contributed by atoms with van der Waals surface area (Å²) in [5.74, 6) is -0.108. The van der Waals surface area contributed by atoms with Crippen molar-refractivity contribution in [3.63, 3.8) is 0 Å². The Labute approximate surface area is 101 Å². The highest BCUT2D eigenvalue weighted by Gasteiger charge is 2.08. The van der Waals surface area contributed by atoms with E-state index in [0.29, 0.717) is 17.1 Å². The first kappa shape index (κ1) is 13.0. The predicted octanol–water partition coefficient (Wildman–Crippen LogP) is 2.12. The molecule has 0 bridgehead atoms. The molecule has 0 saturated carbocycles. The van der Waals surface area contributed by atoms with Crippen LogP contribution in [0.25, 0.3) is 0 Å². The van der Waals surface area contributed by atoms with E-state index in [1.165, 1.54) is 0 Å². The van der Waals surface area contributed by atoms with Gasteiger partial charge in [0.15, 0.2) is 0 Å². The Balaban J connectivity index is 2.63. The van der Waals surface area contributed by atoms with Crippen LogP contribution in [0.15, 0.2) is 18.2 Å². The van der Waals surface area contributed by atoms with Gasteiger partial charge in [-0.25, -0.2) is 0 Å². The van der Waals surface area contributed by atoms with Crippen LogP contribution in [-0.2, 0) is 0 Å². The van der Waals surface area contributed by atoms with Gasteiger partial charge < -0.3 is 11.1 Å². The zero-order valence-electron chi connectivity index (χ0n) is 9.59. The number of aryl methyl sites for hydroxylation is 1. The summed E-state index contributed by atoms with van der Waals surface area (Å²) in [6.45, 7) is 4.36. The van der Waals surface area contributed by atoms with E-state index in [-0.39, 0.29) is 11.9 Å². The molecule has 16 heavy (non-hydrogen) atoms. The number of halogens is 1. The number of benzene rings is 1. The molecule has 1 atom stereocenters. The minimum Gasteiger partial charge on any atom is -0.350 e. The van der Waals surface area contributed by atoms with Gasteiger partial charge in [0.25, 0.3) is 5.91 Å². The van der Waals surface area contributed by atoms with Gasteiger partial charge in [-0.1, -0.05) is 18.5 Å². The van der Waals surface area contributed by atoms with Crippen LogP contribution in [-0.4, -0.2) is 18.5 Å². The highest BCUT2D eigenvalue weighted by atomic mass is 35.5. The van der Waals surface area contributed by atoms with Crippen molar-refractivity contribution in [3.05, 3.63) is 34.3 Å². The standard InChI is InChI=1S/C12H17ClN2O/c1-3-10(14)7-15-12(16)9-4-5-11(13)8(2)6-9/h4-6,10H,3,7,14H2,1-2H3,(H,15,16). The van der Waals surface area contributed by atoms with Gasteiger partial charge in [0.05, 0.1) is 0 Å². The maximum atomic E-state index is 11.7. The van der Waals surface area contributed by atoms with Crippen LogP contribution in [0.2, 0.25) is 5.02 Å². The summed E-state index contributed by atoms with van der Waals surface area (Å²) in [4.78, 5) is 11.7. The highest BCUT2D eigenvalue weighted by molar-refractivity contribution is 6.31. The van der Waals surface area contributed by atoms with Crippen LogP contribution in [0.4, 0.5) is 0 Å². The quantitative estimate of drug-likeness (QED) is 0.847. The zero-order valence-corrected chi connectivity index (χ0v) is 10.3. The predicted molar refractivity (Wildman–Crippen MR) is 66.8 cm³/mol. The average molecular weight is 241 g/mol. The van der Waals surface area contributed by atoms with Crippen molar-refractivity contribution < 1.29 is 4.79 Å². The molecule has 0 heterocycles. The fourth-order valence-corrected chi connectivity index (χ4v) is 1.37. The van der Waals surface area contributed by atoms with E-state index in [2.05, 4.69) is 5.32 Å². The molecule has 1 rings (SSSR count). The number of nitrogens with one attached hydrogen (secondary N) is 1. The number of nitrogens with two attached hydrogens (primary N) is 1. The first-order valence-electron chi connectivity index (χ1n) is 5.34. The lowest BCUT2D eigenvalue weighted by molar-refractivity contribution is 0.0951. The van der Waals surface area contributed by atoms with Crippen molar-refractivity contribution in [1.29, 1.82) is 0 Å². The van der Waals surface area contributed by atoms with E-state index < -0.39 is 0 Å². The van der Waals surface area contributed by atoms with Gasteiger partial charge in [-0.05, 0) is 37.1 Å². The SMILES string of the molecule is CCC(N)CNC(=O)c1ccc(Cl)c(C)c1. The lowest BCUT2D eigenvalue weighted by atomic mass is 10.1. The minimum atomic E-state index is -0.108. The molecule has 0 spiro atoms. The third-order valence-electron chi connectivity index (χ3n) is 2.47. The Morgan fingerprint density at radius 2 is 2.25 bits per heavy atom. The van der Waals surface area contributed by atoms with Crippen molar-refractivity contribution in [3.8, 4) is 0 Å². The van der Waals surface area contributed by atoms with Crippen LogP contribution in [0.1, 0.15) is 29.3 Å². The number of carbonyl (C=O) groups is 1. The highest BCUT2D eigenvalue weighted by Crippen LogP contribution is 2.16. The zero-order chi connectivity index (χ0) is 12.1. The molecule has 88 valence electrons. The molecule has 0 aromatic heterocycles. The summed E-state index contributed by atoms with van der Waals surface area (Å²) in [6, 6.07) is 5.22. The van der Waals surface area contributed by atoms with Gasteiger partial charge in [-0.15, -0.1) is 0 Å². The first-order chi connectivity index (χ1) is 7.54. The summed E-state index contributed by atoms with van der Waals surface area (Å²) in [5.41, 5.74) is 7.23.